The van der Waals surface area contributed by atoms with E-state index in [4.69, 9.17) is 4.74 Å². The number of hydrogen-bond acceptors (Lipinski definition) is 3. The van der Waals surface area contributed by atoms with E-state index in [1.54, 1.807) is 12.1 Å². The highest BCUT2D eigenvalue weighted by molar-refractivity contribution is 5.94. The third-order valence-electron chi connectivity index (χ3n) is 4.53. The average Bonchev–Trinajstić information content (AvgIpc) is 2.92. The topological polar surface area (TPSA) is 56.1 Å². The van der Waals surface area contributed by atoms with Crippen LogP contribution < -0.4 is 10.1 Å². The SMILES string of the molecule is COc1ccc2nc(C)n(C)c2c1CNC(=O)c1cc(F)c(C(F)F)c(F)c1. The number of fused-ring (bicyclic) bond motifs is 1. The number of nitrogens with zero attached hydrogens (tertiary/aromatic N) is 2. The van der Waals surface area contributed by atoms with Gasteiger partial charge < -0.3 is 14.6 Å². The highest BCUT2D eigenvalue weighted by atomic mass is 19.3. The van der Waals surface area contributed by atoms with Crippen molar-refractivity contribution in [2.75, 3.05) is 7.11 Å². The van der Waals surface area contributed by atoms with Crippen molar-refractivity contribution in [3.05, 3.63) is 58.4 Å². The summed E-state index contributed by atoms with van der Waals surface area (Å²) in [4.78, 5) is 16.7. The number of carbonyl (C=O) groups excluding carboxylic acids is 1. The number of amides is 1. The molecule has 0 saturated carbocycles. The molecule has 3 rings (SSSR count). The lowest BCUT2D eigenvalue weighted by Gasteiger charge is -2.13. The van der Waals surface area contributed by atoms with Crippen molar-refractivity contribution in [1.29, 1.82) is 0 Å². The Morgan fingerprint density at radius 2 is 1.89 bits per heavy atom. The van der Waals surface area contributed by atoms with Crippen LogP contribution in [0.4, 0.5) is 17.6 Å². The monoisotopic (exact) mass is 395 g/mol. The van der Waals surface area contributed by atoms with E-state index in [0.717, 1.165) is 11.3 Å². The van der Waals surface area contributed by atoms with E-state index in [1.165, 1.54) is 7.11 Å². The summed E-state index contributed by atoms with van der Waals surface area (Å²) >= 11 is 0. The number of rotatable bonds is 5. The molecule has 0 unspecified atom stereocenters. The Morgan fingerprint density at radius 1 is 1.25 bits per heavy atom. The zero-order valence-corrected chi connectivity index (χ0v) is 15.3. The summed E-state index contributed by atoms with van der Waals surface area (Å²) in [6, 6.07) is 4.66. The lowest BCUT2D eigenvalue weighted by Crippen LogP contribution is -2.24. The van der Waals surface area contributed by atoms with Gasteiger partial charge in [0.2, 0.25) is 0 Å². The second-order valence-electron chi connectivity index (χ2n) is 6.17. The standard InChI is InChI=1S/C19H17F4N3O2/c1-9-25-14-4-5-15(28-3)11(17(14)26(9)2)8-24-19(27)10-6-12(20)16(18(22)23)13(21)7-10/h4-7,18H,8H2,1-3H3,(H,24,27). The maximum atomic E-state index is 13.7. The Morgan fingerprint density at radius 3 is 2.46 bits per heavy atom. The number of nitrogens with one attached hydrogen (secondary N) is 1. The molecule has 28 heavy (non-hydrogen) atoms. The number of ether oxygens (including phenoxy) is 1. The van der Waals surface area contributed by atoms with Crippen LogP contribution in [0.5, 0.6) is 5.75 Å². The first-order chi connectivity index (χ1) is 13.2. The highest BCUT2D eigenvalue weighted by Crippen LogP contribution is 2.29. The second kappa shape index (κ2) is 7.49. The largest absolute Gasteiger partial charge is 0.496 e. The van der Waals surface area contributed by atoms with Crippen LogP contribution in [-0.4, -0.2) is 22.6 Å². The van der Waals surface area contributed by atoms with Gasteiger partial charge in [0.05, 0.1) is 23.7 Å². The molecule has 0 aliphatic carbocycles. The zero-order valence-electron chi connectivity index (χ0n) is 15.3. The van der Waals surface area contributed by atoms with Crippen LogP contribution in [0.3, 0.4) is 0 Å². The van der Waals surface area contributed by atoms with Gasteiger partial charge in [-0.2, -0.15) is 0 Å². The van der Waals surface area contributed by atoms with Gasteiger partial charge in [0.15, 0.2) is 0 Å². The maximum Gasteiger partial charge on any atom is 0.269 e. The van der Waals surface area contributed by atoms with Crippen LogP contribution in [0.25, 0.3) is 11.0 Å². The van der Waals surface area contributed by atoms with Gasteiger partial charge >= 0.3 is 0 Å². The van der Waals surface area contributed by atoms with Crippen LogP contribution >= 0.6 is 0 Å². The van der Waals surface area contributed by atoms with E-state index in [-0.39, 0.29) is 6.54 Å². The molecule has 1 N–H and O–H groups in total. The van der Waals surface area contributed by atoms with Gasteiger partial charge in [0, 0.05) is 24.7 Å². The van der Waals surface area contributed by atoms with Crippen molar-refractivity contribution in [2.24, 2.45) is 7.05 Å². The van der Waals surface area contributed by atoms with E-state index in [0.29, 0.717) is 29.0 Å². The van der Waals surface area contributed by atoms with Gasteiger partial charge in [0.25, 0.3) is 12.3 Å². The molecule has 0 aliphatic heterocycles. The number of methoxy groups -OCH3 is 1. The van der Waals surface area contributed by atoms with E-state index < -0.39 is 35.1 Å². The number of imidazole rings is 1. The molecule has 1 amide bonds. The van der Waals surface area contributed by atoms with Crippen molar-refractivity contribution >= 4 is 16.9 Å². The summed E-state index contributed by atoms with van der Waals surface area (Å²) in [6.07, 6.45) is -3.31. The van der Waals surface area contributed by atoms with Crippen LogP contribution in [0, 0.1) is 18.6 Å². The molecule has 0 bridgehead atoms. The lowest BCUT2D eigenvalue weighted by molar-refractivity contribution is 0.0948. The van der Waals surface area contributed by atoms with E-state index in [1.807, 2.05) is 18.5 Å². The Balaban J connectivity index is 1.91. The molecule has 1 aromatic heterocycles. The normalized spacial score (nSPS) is 11.3. The summed E-state index contributed by atoms with van der Waals surface area (Å²) in [6.45, 7) is 1.81. The Bertz CT molecular complexity index is 1040. The summed E-state index contributed by atoms with van der Waals surface area (Å²) in [5.74, 6) is -2.50. The molecule has 3 aromatic rings. The number of aromatic nitrogens is 2. The van der Waals surface area contributed by atoms with Gasteiger partial charge in [-0.1, -0.05) is 0 Å². The van der Waals surface area contributed by atoms with Crippen molar-refractivity contribution < 1.29 is 27.1 Å². The summed E-state index contributed by atoms with van der Waals surface area (Å²) < 4.78 is 60.0. The molecular weight excluding hydrogens is 378 g/mol. The van der Waals surface area contributed by atoms with Gasteiger partial charge in [-0.05, 0) is 31.2 Å². The number of halogens is 4. The number of benzene rings is 2. The minimum absolute atomic E-state index is 0.0157. The molecule has 0 fully saturated rings. The third-order valence-corrected chi connectivity index (χ3v) is 4.53. The van der Waals surface area contributed by atoms with E-state index in [2.05, 4.69) is 10.3 Å². The Hall–Kier alpha value is -3.10. The maximum absolute atomic E-state index is 13.7. The zero-order chi connectivity index (χ0) is 20.6. The van der Waals surface area contributed by atoms with Gasteiger partial charge in [-0.3, -0.25) is 4.79 Å². The van der Waals surface area contributed by atoms with Crippen LogP contribution in [0.15, 0.2) is 24.3 Å². The highest BCUT2D eigenvalue weighted by Gasteiger charge is 2.22. The minimum atomic E-state index is -3.31. The molecule has 1 heterocycles. The first-order valence-electron chi connectivity index (χ1n) is 8.28. The minimum Gasteiger partial charge on any atom is -0.496 e. The number of carbonyl (C=O) groups is 1. The Kier molecular flexibility index (Phi) is 5.26. The number of hydrogen-bond donors (Lipinski definition) is 1. The fourth-order valence-corrected chi connectivity index (χ4v) is 3.04. The molecule has 5 nitrogen and oxygen atoms in total. The third kappa shape index (κ3) is 3.39. The van der Waals surface area contributed by atoms with Gasteiger partial charge in [0.1, 0.15) is 23.2 Å². The summed E-state index contributed by atoms with van der Waals surface area (Å²) in [5, 5.41) is 2.54. The second-order valence-corrected chi connectivity index (χ2v) is 6.17. The predicted molar refractivity (Wildman–Crippen MR) is 94.5 cm³/mol. The molecule has 0 spiro atoms. The predicted octanol–water partition coefficient (Wildman–Crippen LogP) is 4.04. The molecule has 9 heteroatoms. The fourth-order valence-electron chi connectivity index (χ4n) is 3.04. The van der Waals surface area contributed by atoms with Gasteiger partial charge in [-0.25, -0.2) is 22.5 Å². The molecule has 2 aromatic carbocycles. The van der Waals surface area contributed by atoms with Crippen molar-refractivity contribution in [2.45, 2.75) is 19.9 Å². The number of alkyl halides is 2. The van der Waals surface area contributed by atoms with Crippen LogP contribution in [0.2, 0.25) is 0 Å². The lowest BCUT2D eigenvalue weighted by atomic mass is 10.1. The quantitative estimate of drug-likeness (QED) is 0.664. The van der Waals surface area contributed by atoms with Crippen molar-refractivity contribution in [1.82, 2.24) is 14.9 Å². The molecule has 0 aliphatic rings. The van der Waals surface area contributed by atoms with Crippen LogP contribution in [-0.2, 0) is 13.6 Å². The molecule has 0 radical (unpaired) electrons. The fraction of sp³-hybridized carbons (Fsp3) is 0.263. The number of aryl methyl sites for hydroxylation is 2. The molecular formula is C19H17F4N3O2. The van der Waals surface area contributed by atoms with E-state index in [9.17, 15) is 22.4 Å². The van der Waals surface area contributed by atoms with Crippen molar-refractivity contribution in [3.8, 4) is 5.75 Å². The van der Waals surface area contributed by atoms with Crippen LogP contribution in [0.1, 0.15) is 33.7 Å². The first kappa shape index (κ1) is 19.7. The smallest absolute Gasteiger partial charge is 0.269 e. The first-order valence-corrected chi connectivity index (χ1v) is 8.28. The van der Waals surface area contributed by atoms with Crippen molar-refractivity contribution in [3.63, 3.8) is 0 Å². The molecule has 0 atom stereocenters. The van der Waals surface area contributed by atoms with Gasteiger partial charge in [-0.15, -0.1) is 0 Å². The Labute approximate surface area is 157 Å². The van der Waals surface area contributed by atoms with E-state index >= 15 is 0 Å². The molecule has 0 saturated heterocycles. The summed E-state index contributed by atoms with van der Waals surface area (Å²) in [7, 11) is 3.28. The summed E-state index contributed by atoms with van der Waals surface area (Å²) in [5.41, 5.74) is 0.313. The average molecular weight is 395 g/mol. The molecule has 148 valence electrons.